The highest BCUT2D eigenvalue weighted by Crippen LogP contribution is 2.30. The van der Waals surface area contributed by atoms with Gasteiger partial charge in [0.1, 0.15) is 5.75 Å². The van der Waals surface area contributed by atoms with E-state index >= 15 is 0 Å². The fourth-order valence-electron chi connectivity index (χ4n) is 1.40. The summed E-state index contributed by atoms with van der Waals surface area (Å²) in [6, 6.07) is 0. The van der Waals surface area contributed by atoms with Gasteiger partial charge in [0.2, 0.25) is 0 Å². The number of hydrogen-bond acceptors (Lipinski definition) is 3. The van der Waals surface area contributed by atoms with Gasteiger partial charge in [-0.1, -0.05) is 13.8 Å². The van der Waals surface area contributed by atoms with E-state index in [1.165, 1.54) is 0 Å². The monoisotopic (exact) mass is 210 g/mol. The van der Waals surface area contributed by atoms with Gasteiger partial charge in [-0.2, -0.15) is 8.42 Å². The van der Waals surface area contributed by atoms with Gasteiger partial charge < -0.3 is 4.74 Å². The third kappa shape index (κ3) is 4.04. The molecule has 0 radical (unpaired) electrons. The van der Waals surface area contributed by atoms with Crippen LogP contribution < -0.4 is 0 Å². The minimum atomic E-state index is -4.39. The van der Waals surface area contributed by atoms with E-state index in [-0.39, 0.29) is 5.41 Å². The standard InChI is InChI=1S/C8H15FO3S/c1-8(2)4-3-7(12-6-8)5-13(9,10)11/h7H,3-6H2,1-2H3. The van der Waals surface area contributed by atoms with Crippen molar-refractivity contribution in [2.24, 2.45) is 5.41 Å². The molecule has 0 spiro atoms. The fraction of sp³-hybridized carbons (Fsp3) is 1.00. The van der Waals surface area contributed by atoms with E-state index < -0.39 is 22.1 Å². The first kappa shape index (κ1) is 10.9. The molecule has 5 heteroatoms. The molecule has 0 N–H and O–H groups in total. The highest BCUT2D eigenvalue weighted by Gasteiger charge is 2.30. The van der Waals surface area contributed by atoms with E-state index in [1.54, 1.807) is 0 Å². The van der Waals surface area contributed by atoms with Gasteiger partial charge in [0.05, 0.1) is 12.7 Å². The number of ether oxygens (including phenoxy) is 1. The molecule has 0 aromatic heterocycles. The Labute approximate surface area is 78.5 Å². The van der Waals surface area contributed by atoms with E-state index in [0.29, 0.717) is 13.0 Å². The summed E-state index contributed by atoms with van der Waals surface area (Å²) in [5.41, 5.74) is 0.0938. The Morgan fingerprint density at radius 1 is 1.54 bits per heavy atom. The van der Waals surface area contributed by atoms with Crippen molar-refractivity contribution in [2.75, 3.05) is 12.4 Å². The zero-order chi connectivity index (χ0) is 10.1. The quantitative estimate of drug-likeness (QED) is 0.648. The Kier molecular flexibility index (Phi) is 2.97. The SMILES string of the molecule is CC1(C)CCC(CS(=O)(=O)F)OC1. The average Bonchev–Trinajstić information content (AvgIpc) is 1.91. The topological polar surface area (TPSA) is 43.4 Å². The highest BCUT2D eigenvalue weighted by molar-refractivity contribution is 7.86. The first-order valence-electron chi connectivity index (χ1n) is 4.32. The Balaban J connectivity index is 2.43. The number of hydrogen-bond donors (Lipinski definition) is 0. The Hall–Kier alpha value is -0.160. The molecule has 1 rings (SSSR count). The molecule has 0 saturated carbocycles. The van der Waals surface area contributed by atoms with Gasteiger partial charge in [0, 0.05) is 0 Å². The zero-order valence-electron chi connectivity index (χ0n) is 7.92. The molecule has 13 heavy (non-hydrogen) atoms. The highest BCUT2D eigenvalue weighted by atomic mass is 32.3. The second-order valence-electron chi connectivity index (χ2n) is 4.34. The van der Waals surface area contributed by atoms with Crippen LogP contribution in [0, 0.1) is 5.41 Å². The molecule has 1 atom stereocenters. The van der Waals surface area contributed by atoms with Crippen LogP contribution in [0.4, 0.5) is 3.89 Å². The first-order chi connectivity index (χ1) is 5.79. The lowest BCUT2D eigenvalue weighted by Crippen LogP contribution is -2.34. The van der Waals surface area contributed by atoms with Gasteiger partial charge in [-0.15, -0.1) is 3.89 Å². The van der Waals surface area contributed by atoms with E-state index in [9.17, 15) is 12.3 Å². The summed E-state index contributed by atoms with van der Waals surface area (Å²) < 4.78 is 38.1. The molecular formula is C8H15FO3S. The summed E-state index contributed by atoms with van der Waals surface area (Å²) in [4.78, 5) is 0. The van der Waals surface area contributed by atoms with Crippen LogP contribution in [0.25, 0.3) is 0 Å². The molecule has 0 bridgehead atoms. The normalized spacial score (nSPS) is 28.7. The third-order valence-electron chi connectivity index (χ3n) is 2.24. The maximum atomic E-state index is 12.3. The first-order valence-corrected chi connectivity index (χ1v) is 5.88. The lowest BCUT2D eigenvalue weighted by molar-refractivity contribution is -0.0373. The van der Waals surface area contributed by atoms with Gasteiger partial charge in [-0.3, -0.25) is 0 Å². The molecule has 0 aromatic carbocycles. The lowest BCUT2D eigenvalue weighted by Gasteiger charge is -2.33. The van der Waals surface area contributed by atoms with E-state index in [2.05, 4.69) is 0 Å². The largest absolute Gasteiger partial charge is 0.377 e. The Bertz CT molecular complexity index is 261. The molecule has 0 aromatic rings. The van der Waals surface area contributed by atoms with E-state index in [0.717, 1.165) is 6.42 Å². The fourth-order valence-corrected chi connectivity index (χ4v) is 2.11. The number of halogens is 1. The van der Waals surface area contributed by atoms with Crippen LogP contribution in [0.1, 0.15) is 26.7 Å². The molecule has 1 saturated heterocycles. The molecule has 1 unspecified atom stereocenters. The summed E-state index contributed by atoms with van der Waals surface area (Å²) in [5.74, 6) is -0.497. The zero-order valence-corrected chi connectivity index (χ0v) is 8.73. The summed E-state index contributed by atoms with van der Waals surface area (Å²) in [6.07, 6.45) is 1.05. The predicted molar refractivity (Wildman–Crippen MR) is 47.6 cm³/mol. The van der Waals surface area contributed by atoms with Gasteiger partial charge in [-0.25, -0.2) is 0 Å². The van der Waals surface area contributed by atoms with E-state index in [1.807, 2.05) is 13.8 Å². The second-order valence-corrected chi connectivity index (χ2v) is 5.75. The van der Waals surface area contributed by atoms with Crippen molar-refractivity contribution in [2.45, 2.75) is 32.8 Å². The molecule has 0 aliphatic carbocycles. The van der Waals surface area contributed by atoms with Crippen LogP contribution in [0.5, 0.6) is 0 Å². The van der Waals surface area contributed by atoms with Crippen molar-refractivity contribution < 1.29 is 17.0 Å². The van der Waals surface area contributed by atoms with Crippen LogP contribution in [0.2, 0.25) is 0 Å². The minimum Gasteiger partial charge on any atom is -0.377 e. The molecule has 3 nitrogen and oxygen atoms in total. The average molecular weight is 210 g/mol. The minimum absolute atomic E-state index is 0.0938. The summed E-state index contributed by atoms with van der Waals surface area (Å²) >= 11 is 0. The van der Waals surface area contributed by atoms with Crippen molar-refractivity contribution in [3.8, 4) is 0 Å². The Morgan fingerprint density at radius 3 is 2.54 bits per heavy atom. The van der Waals surface area contributed by atoms with Crippen LogP contribution in [-0.2, 0) is 15.0 Å². The van der Waals surface area contributed by atoms with Crippen molar-refractivity contribution in [1.29, 1.82) is 0 Å². The molecule has 0 amide bonds. The van der Waals surface area contributed by atoms with Crippen molar-refractivity contribution >= 4 is 10.2 Å². The van der Waals surface area contributed by atoms with Crippen molar-refractivity contribution in [3.63, 3.8) is 0 Å². The summed E-state index contributed by atoms with van der Waals surface area (Å²) in [5, 5.41) is 0. The van der Waals surface area contributed by atoms with Crippen LogP contribution in [0.15, 0.2) is 0 Å². The Morgan fingerprint density at radius 2 is 2.15 bits per heavy atom. The summed E-state index contributed by atoms with van der Waals surface area (Å²) in [7, 11) is -4.39. The van der Waals surface area contributed by atoms with Gasteiger partial charge in [0.25, 0.3) is 0 Å². The predicted octanol–water partition coefficient (Wildman–Crippen LogP) is 1.49. The van der Waals surface area contributed by atoms with Gasteiger partial charge in [-0.05, 0) is 18.3 Å². The molecule has 1 fully saturated rings. The second kappa shape index (κ2) is 3.53. The van der Waals surface area contributed by atoms with E-state index in [4.69, 9.17) is 4.74 Å². The maximum absolute atomic E-state index is 12.3. The van der Waals surface area contributed by atoms with Gasteiger partial charge in [0.15, 0.2) is 0 Å². The van der Waals surface area contributed by atoms with Crippen molar-refractivity contribution in [3.05, 3.63) is 0 Å². The summed E-state index contributed by atoms with van der Waals surface area (Å²) in [6.45, 7) is 4.60. The maximum Gasteiger partial charge on any atom is 0.304 e. The molecule has 1 aliphatic rings. The van der Waals surface area contributed by atoms with Crippen LogP contribution >= 0.6 is 0 Å². The molecular weight excluding hydrogens is 195 g/mol. The van der Waals surface area contributed by atoms with Crippen LogP contribution in [-0.4, -0.2) is 26.9 Å². The molecule has 1 aliphatic heterocycles. The van der Waals surface area contributed by atoms with Crippen LogP contribution in [0.3, 0.4) is 0 Å². The van der Waals surface area contributed by atoms with Crippen molar-refractivity contribution in [1.82, 2.24) is 0 Å². The molecule has 78 valence electrons. The lowest BCUT2D eigenvalue weighted by atomic mass is 9.86. The third-order valence-corrected chi connectivity index (χ3v) is 3.01. The smallest absolute Gasteiger partial charge is 0.304 e. The molecule has 1 heterocycles. The number of rotatable bonds is 2. The van der Waals surface area contributed by atoms with Gasteiger partial charge >= 0.3 is 10.2 Å².